The highest BCUT2D eigenvalue weighted by Gasteiger charge is 2.27. The number of carbonyl (C=O) groups excluding carboxylic acids is 1. The van der Waals surface area contributed by atoms with Crippen LogP contribution in [0.15, 0.2) is 24.5 Å². The molecule has 2 fully saturated rings. The number of anilines is 1. The Morgan fingerprint density at radius 3 is 2.55 bits per heavy atom. The summed E-state index contributed by atoms with van der Waals surface area (Å²) < 4.78 is 13.9. The van der Waals surface area contributed by atoms with Gasteiger partial charge in [-0.2, -0.15) is 5.26 Å². The van der Waals surface area contributed by atoms with Crippen molar-refractivity contribution in [2.45, 2.75) is 18.6 Å². The number of nitrogens with one attached hydrogen (secondary N) is 1. The molecule has 9 heteroatoms. The third-order valence-corrected chi connectivity index (χ3v) is 5.80. The average molecular weight is 428 g/mol. The fraction of sp³-hybridized carbons (Fsp3) is 0.545. The lowest BCUT2D eigenvalue weighted by atomic mass is 10.0. The number of nitriles is 1. The fourth-order valence-corrected chi connectivity index (χ4v) is 3.97. The van der Waals surface area contributed by atoms with Crippen molar-refractivity contribution in [1.82, 2.24) is 25.1 Å². The van der Waals surface area contributed by atoms with Crippen molar-refractivity contribution in [3.8, 4) is 6.07 Å². The van der Waals surface area contributed by atoms with Gasteiger partial charge in [-0.25, -0.2) is 4.39 Å². The maximum Gasteiger partial charge on any atom is 0.133 e. The van der Waals surface area contributed by atoms with Gasteiger partial charge >= 0.3 is 0 Å². The maximum absolute atomic E-state index is 13.9. The second kappa shape index (κ2) is 11.1. The minimum Gasteiger partial charge on any atom is -0.365 e. The van der Waals surface area contributed by atoms with Gasteiger partial charge in [0.2, 0.25) is 0 Å². The molecule has 166 valence electrons. The Kier molecular flexibility index (Phi) is 8.23. The van der Waals surface area contributed by atoms with E-state index in [4.69, 9.17) is 5.26 Å². The predicted octanol–water partition coefficient (Wildman–Crippen LogP) is 1.07. The Labute approximate surface area is 182 Å². The molecule has 1 N–H and O–H groups in total. The van der Waals surface area contributed by atoms with Gasteiger partial charge in [-0.3, -0.25) is 14.9 Å². The summed E-state index contributed by atoms with van der Waals surface area (Å²) in [5.41, 5.74) is 2.54. The van der Waals surface area contributed by atoms with Crippen LogP contribution < -0.4 is 10.2 Å². The molecule has 4 rings (SSSR count). The second-order valence-corrected chi connectivity index (χ2v) is 7.99. The van der Waals surface area contributed by atoms with E-state index in [9.17, 15) is 9.18 Å². The summed E-state index contributed by atoms with van der Waals surface area (Å²) in [6, 6.07) is 5.79. The molecule has 31 heavy (non-hydrogen) atoms. The number of rotatable bonds is 4. The number of likely N-dealkylation sites (N-methyl/N-ethyl adjacent to an activating group) is 2. The van der Waals surface area contributed by atoms with Gasteiger partial charge in [0, 0.05) is 57.7 Å². The molecule has 2 aliphatic heterocycles. The topological polar surface area (TPSA) is 88.4 Å². The van der Waals surface area contributed by atoms with Gasteiger partial charge < -0.3 is 19.9 Å². The number of fused-ring (bicyclic) bond motifs is 1. The number of piperazine rings is 1. The van der Waals surface area contributed by atoms with Crippen LogP contribution in [0.4, 0.5) is 10.1 Å². The average Bonchev–Trinajstić information content (AvgIpc) is 2.80. The summed E-state index contributed by atoms with van der Waals surface area (Å²) in [4.78, 5) is 25.1. The van der Waals surface area contributed by atoms with E-state index in [1.165, 1.54) is 0 Å². The largest absolute Gasteiger partial charge is 0.365 e. The van der Waals surface area contributed by atoms with Gasteiger partial charge in [0.05, 0.1) is 17.8 Å². The van der Waals surface area contributed by atoms with Gasteiger partial charge in [-0.05, 0) is 32.6 Å². The fourth-order valence-electron chi connectivity index (χ4n) is 3.97. The number of halogens is 1. The highest BCUT2D eigenvalue weighted by molar-refractivity contribution is 5.92. The number of hydrogen-bond acceptors (Lipinski definition) is 8. The van der Waals surface area contributed by atoms with Crippen LogP contribution in [0.1, 0.15) is 12.0 Å². The molecule has 0 spiro atoms. The third-order valence-electron chi connectivity index (χ3n) is 5.80. The molecule has 1 aromatic heterocycles. The first-order chi connectivity index (χ1) is 15.0. The zero-order chi connectivity index (χ0) is 22.2. The van der Waals surface area contributed by atoms with E-state index in [-0.39, 0.29) is 6.04 Å². The standard InChI is InChI=1S/C15H16FN5.C7H14N2O/c1-18-12-6-11(16)8-21(9-12)13-3-2-10(7-17)14-15(13)20-5-4-19-14;1-8-2-4-9(5-3-8)6-7-10/h2-5,11-12,18H,6,8-9H2,1H3;7H,2-6H2,1H3. The van der Waals surface area contributed by atoms with Crippen molar-refractivity contribution in [3.63, 3.8) is 0 Å². The van der Waals surface area contributed by atoms with Crippen molar-refractivity contribution in [2.24, 2.45) is 0 Å². The van der Waals surface area contributed by atoms with E-state index in [0.29, 0.717) is 42.7 Å². The highest BCUT2D eigenvalue weighted by Crippen LogP contribution is 2.29. The van der Waals surface area contributed by atoms with Gasteiger partial charge in [0.1, 0.15) is 29.6 Å². The zero-order valence-corrected chi connectivity index (χ0v) is 18.2. The van der Waals surface area contributed by atoms with Crippen molar-refractivity contribution in [2.75, 3.05) is 64.8 Å². The third kappa shape index (κ3) is 5.94. The molecular weight excluding hydrogens is 397 g/mol. The van der Waals surface area contributed by atoms with Crippen LogP contribution in [-0.4, -0.2) is 98.2 Å². The first-order valence-corrected chi connectivity index (χ1v) is 10.6. The van der Waals surface area contributed by atoms with Crippen molar-refractivity contribution < 1.29 is 9.18 Å². The van der Waals surface area contributed by atoms with Gasteiger partial charge in [0.15, 0.2) is 0 Å². The summed E-state index contributed by atoms with van der Waals surface area (Å²) in [5, 5.41) is 12.3. The summed E-state index contributed by atoms with van der Waals surface area (Å²) in [5.74, 6) is 0. The summed E-state index contributed by atoms with van der Waals surface area (Å²) >= 11 is 0. The lowest BCUT2D eigenvalue weighted by Crippen LogP contribution is -2.49. The van der Waals surface area contributed by atoms with Crippen molar-refractivity contribution >= 4 is 23.0 Å². The summed E-state index contributed by atoms with van der Waals surface area (Å²) in [6.45, 7) is 5.92. The van der Waals surface area contributed by atoms with Crippen LogP contribution in [0.5, 0.6) is 0 Å². The van der Waals surface area contributed by atoms with Crippen LogP contribution in [0.2, 0.25) is 0 Å². The molecule has 3 heterocycles. The molecule has 2 aromatic rings. The van der Waals surface area contributed by atoms with Crippen LogP contribution in [0.3, 0.4) is 0 Å². The SMILES string of the molecule is CN1CCN(CC=O)CC1.CNC1CC(F)CN(c2ccc(C#N)c3nccnc23)C1. The molecule has 2 atom stereocenters. The number of aldehydes is 1. The molecule has 0 amide bonds. The van der Waals surface area contributed by atoms with Crippen LogP contribution >= 0.6 is 0 Å². The number of piperidine rings is 1. The Hall–Kier alpha value is -2.67. The number of alkyl halides is 1. The van der Waals surface area contributed by atoms with Gasteiger partial charge in [-0.15, -0.1) is 0 Å². The molecular formula is C22H30FN7O. The lowest BCUT2D eigenvalue weighted by Gasteiger charge is -2.36. The minimum absolute atomic E-state index is 0.108. The Balaban J connectivity index is 0.000000229. The summed E-state index contributed by atoms with van der Waals surface area (Å²) in [7, 11) is 3.95. The maximum atomic E-state index is 13.9. The Morgan fingerprint density at radius 1 is 1.19 bits per heavy atom. The molecule has 0 bridgehead atoms. The first kappa shape index (κ1) is 23.0. The van der Waals surface area contributed by atoms with E-state index in [1.54, 1.807) is 18.5 Å². The molecule has 2 saturated heterocycles. The molecule has 1 aromatic carbocycles. The molecule has 0 radical (unpaired) electrons. The van der Waals surface area contributed by atoms with Gasteiger partial charge in [0.25, 0.3) is 0 Å². The Morgan fingerprint density at radius 2 is 1.90 bits per heavy atom. The Bertz CT molecular complexity index is 910. The van der Waals surface area contributed by atoms with Crippen LogP contribution in [0, 0.1) is 11.3 Å². The summed E-state index contributed by atoms with van der Waals surface area (Å²) in [6.07, 6.45) is 3.79. The quantitative estimate of drug-likeness (QED) is 0.725. The van der Waals surface area contributed by atoms with Crippen LogP contribution in [-0.2, 0) is 4.79 Å². The second-order valence-electron chi connectivity index (χ2n) is 7.99. The van der Waals surface area contributed by atoms with Gasteiger partial charge in [-0.1, -0.05) is 0 Å². The molecule has 8 nitrogen and oxygen atoms in total. The van der Waals surface area contributed by atoms with Crippen LogP contribution in [0.25, 0.3) is 11.0 Å². The smallest absolute Gasteiger partial charge is 0.133 e. The van der Waals surface area contributed by atoms with E-state index in [0.717, 1.165) is 38.2 Å². The lowest BCUT2D eigenvalue weighted by molar-refractivity contribution is -0.109. The van der Waals surface area contributed by atoms with E-state index in [1.807, 2.05) is 18.0 Å². The molecule has 2 aliphatic rings. The highest BCUT2D eigenvalue weighted by atomic mass is 19.1. The first-order valence-electron chi connectivity index (χ1n) is 10.6. The molecule has 0 saturated carbocycles. The monoisotopic (exact) mass is 427 g/mol. The molecule has 2 unspecified atom stereocenters. The van der Waals surface area contributed by atoms with Crippen molar-refractivity contribution in [3.05, 3.63) is 30.1 Å². The van der Waals surface area contributed by atoms with Crippen molar-refractivity contribution in [1.29, 1.82) is 5.26 Å². The number of carbonyl (C=O) groups is 1. The predicted molar refractivity (Wildman–Crippen MR) is 119 cm³/mol. The number of nitrogens with zero attached hydrogens (tertiary/aromatic N) is 6. The van der Waals surface area contributed by atoms with E-state index < -0.39 is 6.17 Å². The van der Waals surface area contributed by atoms with E-state index in [2.05, 4.69) is 38.2 Å². The normalized spacial score (nSPS) is 22.5. The zero-order valence-electron chi connectivity index (χ0n) is 18.2. The van der Waals surface area contributed by atoms with E-state index >= 15 is 0 Å². The number of hydrogen-bond donors (Lipinski definition) is 1. The molecule has 0 aliphatic carbocycles. The minimum atomic E-state index is -0.876. The number of benzene rings is 1. The number of aromatic nitrogens is 2.